The molecule has 4 aromatic rings. The average Bonchev–Trinajstić information content (AvgIpc) is 3.55. The number of nitrogens with one attached hydrogen (secondary N) is 1. The Balaban J connectivity index is 1.49. The number of likely N-dealkylation sites (N-methyl/N-ethyl adjacent to an activating group) is 1. The molecule has 4 heterocycles. The number of halogens is 1. The van der Waals surface area contributed by atoms with Gasteiger partial charge in [0.1, 0.15) is 23.9 Å². The SMILES string of the molecule is CN(C)CC(=O)N1CCOc2cccc(F)c2-c2cc3c(n[nH]c3cn2)-c2ccc(N3CCC(O)C3)c(c2)CC1. The molecule has 1 saturated heterocycles. The number of H-pyrrole nitrogens is 1. The Kier molecular flexibility index (Phi) is 7.12. The number of anilines is 1. The molecule has 1 amide bonds. The fourth-order valence-corrected chi connectivity index (χ4v) is 5.60. The van der Waals surface area contributed by atoms with E-state index in [9.17, 15) is 9.90 Å². The quantitative estimate of drug-likeness (QED) is 0.408. The van der Waals surface area contributed by atoms with Crippen molar-refractivity contribution in [2.75, 3.05) is 58.3 Å². The second-order valence-corrected chi connectivity index (χ2v) is 10.7. The molecule has 0 spiro atoms. The van der Waals surface area contributed by atoms with E-state index >= 15 is 4.39 Å². The van der Waals surface area contributed by atoms with E-state index in [0.717, 1.165) is 46.4 Å². The lowest BCUT2D eigenvalue weighted by Gasteiger charge is -2.27. The van der Waals surface area contributed by atoms with Gasteiger partial charge in [-0.2, -0.15) is 5.10 Å². The van der Waals surface area contributed by atoms with E-state index in [4.69, 9.17) is 4.74 Å². The highest BCUT2D eigenvalue weighted by Gasteiger charge is 2.25. The van der Waals surface area contributed by atoms with Gasteiger partial charge in [-0.05, 0) is 62.8 Å². The Morgan fingerprint density at radius 1 is 1.20 bits per heavy atom. The molecule has 1 atom stereocenters. The van der Waals surface area contributed by atoms with Crippen LogP contribution in [-0.4, -0.2) is 95.5 Å². The van der Waals surface area contributed by atoms with Crippen LogP contribution in [0.3, 0.4) is 0 Å². The highest BCUT2D eigenvalue weighted by atomic mass is 19.1. The summed E-state index contributed by atoms with van der Waals surface area (Å²) in [5, 5.41) is 18.7. The van der Waals surface area contributed by atoms with Crippen molar-refractivity contribution in [2.24, 2.45) is 0 Å². The van der Waals surface area contributed by atoms with Crippen LogP contribution in [0.4, 0.5) is 10.1 Å². The van der Waals surface area contributed by atoms with Crippen LogP contribution in [-0.2, 0) is 11.2 Å². The van der Waals surface area contributed by atoms with Crippen molar-refractivity contribution in [3.05, 3.63) is 60.0 Å². The van der Waals surface area contributed by atoms with E-state index in [1.807, 2.05) is 31.1 Å². The maximum Gasteiger partial charge on any atom is 0.236 e. The minimum absolute atomic E-state index is 0.00554. The van der Waals surface area contributed by atoms with Crippen LogP contribution in [0.15, 0.2) is 48.7 Å². The van der Waals surface area contributed by atoms with Gasteiger partial charge in [0.2, 0.25) is 5.91 Å². The summed E-state index contributed by atoms with van der Waals surface area (Å²) in [5.41, 5.74) is 5.25. The van der Waals surface area contributed by atoms with Gasteiger partial charge in [-0.25, -0.2) is 4.39 Å². The standard InChI is InChI=1S/C30H33FN6O3/c1-35(2)18-28(39)36-10-8-19-14-20(6-7-26(19)37-11-9-21(38)17-37)30-22-15-24(32-16-25(22)33-34-30)29-23(31)4-3-5-27(29)40-13-12-36/h3-7,14-16,21,38H,8-13,17-18H2,1-2H3,(H,33,34). The smallest absolute Gasteiger partial charge is 0.236 e. The van der Waals surface area contributed by atoms with Crippen molar-refractivity contribution in [1.29, 1.82) is 0 Å². The molecule has 9 nitrogen and oxygen atoms in total. The monoisotopic (exact) mass is 544 g/mol. The second-order valence-electron chi connectivity index (χ2n) is 10.7. The first kappa shape index (κ1) is 26.2. The number of pyridine rings is 1. The van der Waals surface area contributed by atoms with Gasteiger partial charge >= 0.3 is 0 Å². The zero-order valence-corrected chi connectivity index (χ0v) is 22.7. The van der Waals surface area contributed by atoms with Crippen molar-refractivity contribution in [3.63, 3.8) is 0 Å². The molecule has 2 aliphatic rings. The van der Waals surface area contributed by atoms with Gasteiger partial charge in [0.15, 0.2) is 0 Å². The number of aliphatic hydroxyl groups excluding tert-OH is 1. The lowest BCUT2D eigenvalue weighted by atomic mass is 10.00. The number of amides is 1. The van der Waals surface area contributed by atoms with Crippen LogP contribution in [0.25, 0.3) is 33.4 Å². The Morgan fingerprint density at radius 3 is 2.88 bits per heavy atom. The molecule has 0 aliphatic carbocycles. The van der Waals surface area contributed by atoms with E-state index in [0.29, 0.717) is 37.5 Å². The number of aromatic amines is 1. The Labute approximate surface area is 232 Å². The molecule has 2 aromatic carbocycles. The Morgan fingerprint density at radius 2 is 2.08 bits per heavy atom. The minimum atomic E-state index is -0.432. The highest BCUT2D eigenvalue weighted by molar-refractivity contribution is 5.95. The van der Waals surface area contributed by atoms with Crippen molar-refractivity contribution in [2.45, 2.75) is 18.9 Å². The Bertz CT molecular complexity index is 1550. The third-order valence-electron chi connectivity index (χ3n) is 7.61. The van der Waals surface area contributed by atoms with Gasteiger partial charge in [0, 0.05) is 36.3 Å². The summed E-state index contributed by atoms with van der Waals surface area (Å²) >= 11 is 0. The minimum Gasteiger partial charge on any atom is -0.491 e. The molecule has 1 fully saturated rings. The number of carbonyl (C=O) groups excluding carboxylic acids is 1. The van der Waals surface area contributed by atoms with Crippen LogP contribution < -0.4 is 9.64 Å². The fraction of sp³-hybridized carbons (Fsp3) is 0.367. The predicted molar refractivity (Wildman–Crippen MR) is 152 cm³/mol. The number of benzene rings is 2. The number of nitrogens with zero attached hydrogens (tertiary/aromatic N) is 5. The first-order valence-electron chi connectivity index (χ1n) is 13.6. The number of hydrogen-bond donors (Lipinski definition) is 2. The summed E-state index contributed by atoms with van der Waals surface area (Å²) in [5.74, 6) is -0.0603. The maximum atomic E-state index is 15.2. The number of β-amino-alcohol motifs (C(OH)–C–C–N with tert-alkyl or cyclic N) is 1. The lowest BCUT2D eigenvalue weighted by Crippen LogP contribution is -2.41. The van der Waals surface area contributed by atoms with E-state index < -0.39 is 5.82 Å². The summed E-state index contributed by atoms with van der Waals surface area (Å²) < 4.78 is 21.3. The topological polar surface area (TPSA) is 97.8 Å². The number of ether oxygens (including phenoxy) is 1. The third kappa shape index (κ3) is 5.12. The van der Waals surface area contributed by atoms with Gasteiger partial charge < -0.3 is 24.5 Å². The molecule has 2 aliphatic heterocycles. The Hall–Kier alpha value is -4.02. The molecule has 1 unspecified atom stereocenters. The fourth-order valence-electron chi connectivity index (χ4n) is 5.60. The molecular formula is C30H33FN6O3. The van der Waals surface area contributed by atoms with Crippen LogP contribution in [0.2, 0.25) is 0 Å². The first-order chi connectivity index (χ1) is 19.4. The molecular weight excluding hydrogens is 511 g/mol. The first-order valence-corrected chi connectivity index (χ1v) is 13.6. The van der Waals surface area contributed by atoms with Gasteiger partial charge in [0.25, 0.3) is 0 Å². The van der Waals surface area contributed by atoms with E-state index in [2.05, 4.69) is 32.2 Å². The summed E-state index contributed by atoms with van der Waals surface area (Å²) in [7, 11) is 3.74. The molecule has 0 saturated carbocycles. The van der Waals surface area contributed by atoms with Gasteiger partial charge in [-0.15, -0.1) is 0 Å². The van der Waals surface area contributed by atoms with Crippen molar-refractivity contribution in [1.82, 2.24) is 25.0 Å². The van der Waals surface area contributed by atoms with Crippen LogP contribution >= 0.6 is 0 Å². The number of hydrogen-bond acceptors (Lipinski definition) is 7. The number of fused-ring (bicyclic) bond motifs is 6. The highest BCUT2D eigenvalue weighted by Crippen LogP contribution is 2.36. The zero-order valence-electron chi connectivity index (χ0n) is 22.7. The number of rotatable bonds is 3. The summed E-state index contributed by atoms with van der Waals surface area (Å²) in [4.78, 5) is 23.6. The second kappa shape index (κ2) is 10.9. The third-order valence-corrected chi connectivity index (χ3v) is 7.61. The zero-order chi connectivity index (χ0) is 27.8. The van der Waals surface area contributed by atoms with Crippen molar-refractivity contribution < 1.29 is 19.0 Å². The van der Waals surface area contributed by atoms with Crippen molar-refractivity contribution >= 4 is 22.5 Å². The molecule has 6 rings (SSSR count). The van der Waals surface area contributed by atoms with Crippen molar-refractivity contribution in [3.8, 4) is 28.3 Å². The lowest BCUT2D eigenvalue weighted by molar-refractivity contribution is -0.132. The van der Waals surface area contributed by atoms with Crippen LogP contribution in [0, 0.1) is 5.82 Å². The van der Waals surface area contributed by atoms with E-state index in [1.165, 1.54) is 6.07 Å². The van der Waals surface area contributed by atoms with Gasteiger partial charge in [-0.1, -0.05) is 12.1 Å². The number of carbonyl (C=O) groups is 1. The maximum absolute atomic E-state index is 15.2. The molecule has 0 radical (unpaired) electrons. The number of aromatic nitrogens is 3. The van der Waals surface area contributed by atoms with Crippen LogP contribution in [0.1, 0.15) is 12.0 Å². The van der Waals surface area contributed by atoms with Gasteiger partial charge in [0.05, 0.1) is 42.2 Å². The van der Waals surface area contributed by atoms with E-state index in [-0.39, 0.29) is 30.7 Å². The molecule has 4 bridgehead atoms. The predicted octanol–water partition coefficient (Wildman–Crippen LogP) is 3.33. The summed E-state index contributed by atoms with van der Waals surface area (Å²) in [6.07, 6.45) is 2.66. The van der Waals surface area contributed by atoms with Crippen LogP contribution in [0.5, 0.6) is 5.75 Å². The normalized spacial score (nSPS) is 17.6. The average molecular weight is 545 g/mol. The summed E-state index contributed by atoms with van der Waals surface area (Å²) in [6, 6.07) is 12.8. The molecule has 40 heavy (non-hydrogen) atoms. The largest absolute Gasteiger partial charge is 0.491 e. The van der Waals surface area contributed by atoms with Gasteiger partial charge in [-0.3, -0.25) is 14.9 Å². The molecule has 208 valence electrons. The van der Waals surface area contributed by atoms with E-state index in [1.54, 1.807) is 23.2 Å². The molecule has 2 aromatic heterocycles. The molecule has 10 heteroatoms. The molecule has 2 N–H and O–H groups in total. The number of aliphatic hydroxyl groups is 1. The summed E-state index contributed by atoms with van der Waals surface area (Å²) in [6.45, 7) is 2.68.